The van der Waals surface area contributed by atoms with E-state index in [1.54, 1.807) is 66.7 Å². The van der Waals surface area contributed by atoms with Crippen LogP contribution < -0.4 is 0 Å². The molecule has 0 aliphatic heterocycles. The molecule has 3 rings (SSSR count). The molecular weight excluding hydrogens is 371 g/mol. The maximum Gasteiger partial charge on any atom is 0.426 e. The molecule has 0 aliphatic rings. The lowest BCUT2D eigenvalue weighted by molar-refractivity contribution is -0.133. The second-order valence-electron chi connectivity index (χ2n) is 5.63. The normalized spacial score (nSPS) is 11.9. The molecule has 134 valence electrons. The molecule has 6 heteroatoms. The average molecular weight is 383 g/mol. The Morgan fingerprint density at radius 2 is 1.59 bits per heavy atom. The summed E-state index contributed by atoms with van der Waals surface area (Å²) in [6.45, 7) is 0. The summed E-state index contributed by atoms with van der Waals surface area (Å²) in [5.41, 5.74) is 0.716. The molecule has 0 N–H and O–H groups in total. The lowest BCUT2D eigenvalue weighted by Crippen LogP contribution is -2.03. The van der Waals surface area contributed by atoms with Crippen molar-refractivity contribution in [2.24, 2.45) is 0 Å². The van der Waals surface area contributed by atoms with Crippen molar-refractivity contribution < 1.29 is 18.0 Å². The molecule has 0 bridgehead atoms. The molecule has 0 saturated carbocycles. The van der Waals surface area contributed by atoms with Crippen LogP contribution >= 0.6 is 11.3 Å². The first-order valence-electron chi connectivity index (χ1n) is 7.88. The fourth-order valence-corrected chi connectivity index (χ4v) is 3.54. The molecule has 2 nitrogen and oxygen atoms in total. The number of ketones is 1. The third kappa shape index (κ3) is 4.15. The highest BCUT2D eigenvalue weighted by molar-refractivity contribution is 7.14. The number of hydrogen-bond acceptors (Lipinski definition) is 3. The van der Waals surface area contributed by atoms with E-state index in [0.29, 0.717) is 22.5 Å². The van der Waals surface area contributed by atoms with Gasteiger partial charge in [0.05, 0.1) is 4.88 Å². The van der Waals surface area contributed by atoms with Crippen molar-refractivity contribution in [2.45, 2.75) is 6.18 Å². The van der Waals surface area contributed by atoms with Crippen LogP contribution in [0.1, 0.15) is 20.1 Å². The summed E-state index contributed by atoms with van der Waals surface area (Å²) in [5, 5.41) is 9.32. The fraction of sp³-hybridized carbons (Fsp3) is 0.0476. The van der Waals surface area contributed by atoms with Crippen LogP contribution in [0, 0.1) is 11.3 Å². The predicted octanol–water partition coefficient (Wildman–Crippen LogP) is 6.22. The van der Waals surface area contributed by atoms with E-state index in [2.05, 4.69) is 0 Å². The van der Waals surface area contributed by atoms with Crippen LogP contribution in [0.5, 0.6) is 0 Å². The molecule has 1 aromatic heterocycles. The van der Waals surface area contributed by atoms with Crippen molar-refractivity contribution in [1.82, 2.24) is 0 Å². The van der Waals surface area contributed by atoms with Crippen molar-refractivity contribution in [3.8, 4) is 17.2 Å². The lowest BCUT2D eigenvalue weighted by Gasteiger charge is -2.07. The van der Waals surface area contributed by atoms with E-state index >= 15 is 0 Å². The van der Waals surface area contributed by atoms with Crippen molar-refractivity contribution in [3.63, 3.8) is 0 Å². The van der Waals surface area contributed by atoms with Gasteiger partial charge in [-0.25, -0.2) is 0 Å². The molecule has 0 fully saturated rings. The maximum absolute atomic E-state index is 13.5. The Bertz CT molecular complexity index is 1030. The number of benzene rings is 2. The van der Waals surface area contributed by atoms with Gasteiger partial charge in [0.1, 0.15) is 16.5 Å². The fourth-order valence-electron chi connectivity index (χ4n) is 2.54. The van der Waals surface area contributed by atoms with Crippen LogP contribution in [-0.2, 0) is 6.18 Å². The Balaban J connectivity index is 2.07. The van der Waals surface area contributed by atoms with Crippen LogP contribution in [0.25, 0.3) is 17.2 Å². The van der Waals surface area contributed by atoms with Gasteiger partial charge in [-0.05, 0) is 23.3 Å². The second kappa shape index (κ2) is 7.60. The molecule has 0 radical (unpaired) electrons. The largest absolute Gasteiger partial charge is 0.426 e. The molecule has 3 aromatic rings. The van der Waals surface area contributed by atoms with Crippen molar-refractivity contribution in [1.29, 1.82) is 5.26 Å². The number of nitrogens with zero attached hydrogens (tertiary/aromatic N) is 1. The molecule has 2 aromatic carbocycles. The van der Waals surface area contributed by atoms with E-state index < -0.39 is 16.8 Å². The first-order chi connectivity index (χ1) is 12.9. The number of alkyl halides is 3. The van der Waals surface area contributed by atoms with Crippen LogP contribution in [0.2, 0.25) is 0 Å². The Kier molecular flexibility index (Phi) is 5.24. The Labute approximate surface area is 157 Å². The summed E-state index contributed by atoms with van der Waals surface area (Å²) < 4.78 is 40.4. The number of allylic oxidation sites excluding steroid dienone is 1. The van der Waals surface area contributed by atoms with E-state index in [9.17, 15) is 23.2 Å². The molecule has 0 atom stereocenters. The van der Waals surface area contributed by atoms with Crippen molar-refractivity contribution in [3.05, 3.63) is 87.6 Å². The molecule has 0 amide bonds. The number of carbonyl (C=O) groups excluding carboxylic acids is 1. The Morgan fingerprint density at radius 3 is 2.15 bits per heavy atom. The number of nitriles is 1. The van der Waals surface area contributed by atoms with Crippen LogP contribution in [0.4, 0.5) is 13.2 Å². The molecule has 0 spiro atoms. The topological polar surface area (TPSA) is 40.9 Å². The second-order valence-corrected chi connectivity index (χ2v) is 6.68. The van der Waals surface area contributed by atoms with Gasteiger partial charge < -0.3 is 0 Å². The molecule has 27 heavy (non-hydrogen) atoms. The lowest BCUT2D eigenvalue weighted by atomic mass is 10.0. The predicted molar refractivity (Wildman–Crippen MR) is 99.1 cm³/mol. The zero-order valence-corrected chi connectivity index (χ0v) is 14.6. The monoisotopic (exact) mass is 383 g/mol. The van der Waals surface area contributed by atoms with Gasteiger partial charge in [-0.15, -0.1) is 11.3 Å². The molecule has 1 heterocycles. The number of Topliss-reactive ketones (excluding diaryl/α,β-unsaturated/α-hetero) is 1. The van der Waals surface area contributed by atoms with Crippen LogP contribution in [0.15, 0.2) is 72.3 Å². The van der Waals surface area contributed by atoms with E-state index in [4.69, 9.17) is 0 Å². The van der Waals surface area contributed by atoms with Crippen molar-refractivity contribution >= 4 is 23.2 Å². The van der Waals surface area contributed by atoms with Gasteiger partial charge in [-0.1, -0.05) is 60.7 Å². The minimum Gasteiger partial charge on any atom is -0.287 e. The van der Waals surface area contributed by atoms with Gasteiger partial charge in [0.15, 0.2) is 0 Å². The molecule has 0 saturated heterocycles. The quantitative estimate of drug-likeness (QED) is 0.305. The van der Waals surface area contributed by atoms with Crippen LogP contribution in [-0.4, -0.2) is 5.78 Å². The van der Waals surface area contributed by atoms with Gasteiger partial charge in [-0.2, -0.15) is 18.4 Å². The highest BCUT2D eigenvalue weighted by Gasteiger charge is 2.37. The van der Waals surface area contributed by atoms with Gasteiger partial charge in [0.25, 0.3) is 0 Å². The van der Waals surface area contributed by atoms with E-state index in [0.717, 1.165) is 0 Å². The summed E-state index contributed by atoms with van der Waals surface area (Å²) >= 11 is 0.357. The SMILES string of the molecule is N#C/C(=C/c1ccccc1)C(=O)c1cc(-c2ccccc2)c(C(F)(F)F)s1. The molecule has 0 aliphatic carbocycles. The minimum absolute atomic E-state index is 0.0616. The van der Waals surface area contributed by atoms with Crippen molar-refractivity contribution in [2.75, 3.05) is 0 Å². The van der Waals surface area contributed by atoms with E-state index in [1.807, 2.05) is 0 Å². The maximum atomic E-state index is 13.5. The first-order valence-corrected chi connectivity index (χ1v) is 8.70. The van der Waals surface area contributed by atoms with Gasteiger partial charge >= 0.3 is 6.18 Å². The number of rotatable bonds is 4. The van der Waals surface area contributed by atoms with Gasteiger partial charge in [-0.3, -0.25) is 4.79 Å². The number of hydrogen-bond donors (Lipinski definition) is 0. The first kappa shape index (κ1) is 18.6. The number of halogens is 3. The van der Waals surface area contributed by atoms with E-state index in [1.165, 1.54) is 12.1 Å². The molecule has 0 unspecified atom stereocenters. The third-order valence-corrected chi connectivity index (χ3v) is 4.95. The number of thiophene rings is 1. The summed E-state index contributed by atoms with van der Waals surface area (Å²) in [6, 6.07) is 19.7. The van der Waals surface area contributed by atoms with E-state index in [-0.39, 0.29) is 16.0 Å². The Morgan fingerprint density at radius 1 is 1.00 bits per heavy atom. The Hall–Kier alpha value is -3.17. The van der Waals surface area contributed by atoms with Gasteiger partial charge in [0, 0.05) is 5.56 Å². The minimum atomic E-state index is -4.59. The average Bonchev–Trinajstić information content (AvgIpc) is 3.13. The summed E-state index contributed by atoms with van der Waals surface area (Å²) in [6.07, 6.45) is -3.22. The smallest absolute Gasteiger partial charge is 0.287 e. The summed E-state index contributed by atoms with van der Waals surface area (Å²) in [4.78, 5) is 11.7. The highest BCUT2D eigenvalue weighted by Crippen LogP contribution is 2.43. The standard InChI is InChI=1S/C21H12F3NOS/c22-21(23,24)20-17(15-9-5-2-6-10-15)12-18(27-20)19(26)16(13-25)11-14-7-3-1-4-8-14/h1-12H/b16-11-. The zero-order chi connectivity index (χ0) is 19.4. The highest BCUT2D eigenvalue weighted by atomic mass is 32.1. The summed E-state index contributed by atoms with van der Waals surface area (Å²) in [5.74, 6) is -0.723. The third-order valence-electron chi connectivity index (χ3n) is 3.77. The van der Waals surface area contributed by atoms with Crippen LogP contribution in [0.3, 0.4) is 0 Å². The molecular formula is C21H12F3NOS. The summed E-state index contributed by atoms with van der Waals surface area (Å²) in [7, 11) is 0. The van der Waals surface area contributed by atoms with Gasteiger partial charge in [0.2, 0.25) is 5.78 Å². The zero-order valence-electron chi connectivity index (χ0n) is 13.8. The number of carbonyl (C=O) groups is 1.